The SMILES string of the molecule is CC(C)(C)c1ccc(N(c2ccc3c(c2)N(c2ccc(C(C)(C)C)cc2)c2cc(C(C)(C)C)cc4c2B3c2cc3cocc3cc2N4c2ccc(C(C)(C)C)cc2)c2ccc(C(C)(C)C)cc2-c2ccccc2)cc1. The van der Waals surface area contributed by atoms with Gasteiger partial charge in [0, 0.05) is 61.8 Å². The molecule has 0 saturated heterocycles. The summed E-state index contributed by atoms with van der Waals surface area (Å²) in [5.74, 6) is 0. The molecule has 0 unspecified atom stereocenters. The summed E-state index contributed by atoms with van der Waals surface area (Å²) >= 11 is 0. The maximum atomic E-state index is 5.99. The zero-order chi connectivity index (χ0) is 53.1. The van der Waals surface area contributed by atoms with Gasteiger partial charge < -0.3 is 19.1 Å². The molecule has 2 aliphatic heterocycles. The van der Waals surface area contributed by atoms with E-state index in [2.05, 4.69) is 282 Å². The standard InChI is InChI=1S/C70H74BN3O/c1-66(2,3)48-21-28-53(29-22-48)72(60-36-27-51(69(10,11)12)39-57(60)45-19-17-16-18-20-45)56-34-35-58-62(42-56)74(55-32-25-50(26-33-55)68(7,8)9)64-41-52(70(13,14)15)40-63-65(64)71(58)59-37-46-43-75-44-47(46)38-61(59)73(63)54-30-23-49(24-31-54)67(4,5)6/h16-44H,1-15H3. The highest BCUT2D eigenvalue weighted by Crippen LogP contribution is 2.50. The first-order valence-corrected chi connectivity index (χ1v) is 27.1. The molecule has 75 heavy (non-hydrogen) atoms. The van der Waals surface area contributed by atoms with Gasteiger partial charge in [-0.2, -0.15) is 0 Å². The van der Waals surface area contributed by atoms with Gasteiger partial charge in [-0.05, 0) is 156 Å². The maximum absolute atomic E-state index is 5.99. The number of hydrogen-bond donors (Lipinski definition) is 0. The third kappa shape index (κ3) is 8.96. The molecule has 0 spiro atoms. The summed E-state index contributed by atoms with van der Waals surface area (Å²) in [6.45, 7) is 34.6. The molecule has 11 rings (SSSR count). The van der Waals surface area contributed by atoms with E-state index in [9.17, 15) is 0 Å². The lowest BCUT2D eigenvalue weighted by molar-refractivity contribution is 0.572. The third-order valence-corrected chi connectivity index (χ3v) is 15.9. The van der Waals surface area contributed by atoms with Crippen LogP contribution in [0.5, 0.6) is 0 Å². The first-order valence-electron chi connectivity index (χ1n) is 27.1. The van der Waals surface area contributed by atoms with Gasteiger partial charge >= 0.3 is 0 Å². The van der Waals surface area contributed by atoms with Gasteiger partial charge in [-0.1, -0.05) is 189 Å². The predicted octanol–water partition coefficient (Wildman–Crippen LogP) is 18.1. The zero-order valence-electron chi connectivity index (χ0n) is 47.1. The van der Waals surface area contributed by atoms with E-state index in [1.807, 2.05) is 12.5 Å². The van der Waals surface area contributed by atoms with Crippen molar-refractivity contribution in [2.45, 2.75) is 131 Å². The van der Waals surface area contributed by atoms with Gasteiger partial charge in [-0.15, -0.1) is 0 Å². The predicted molar refractivity (Wildman–Crippen MR) is 324 cm³/mol. The van der Waals surface area contributed by atoms with Crippen LogP contribution >= 0.6 is 0 Å². The highest BCUT2D eigenvalue weighted by Gasteiger charge is 2.45. The minimum Gasteiger partial charge on any atom is -0.471 e. The quantitative estimate of drug-likeness (QED) is 0.155. The van der Waals surface area contributed by atoms with Crippen LogP contribution in [0.25, 0.3) is 21.9 Å². The number of anilines is 9. The number of benzene rings is 8. The van der Waals surface area contributed by atoms with E-state index < -0.39 is 0 Å². The molecule has 0 bridgehead atoms. The van der Waals surface area contributed by atoms with Crippen LogP contribution in [0.4, 0.5) is 51.2 Å². The number of hydrogen-bond acceptors (Lipinski definition) is 4. The van der Waals surface area contributed by atoms with E-state index in [-0.39, 0.29) is 33.8 Å². The lowest BCUT2D eigenvalue weighted by Gasteiger charge is -2.45. The molecule has 378 valence electrons. The van der Waals surface area contributed by atoms with E-state index in [0.29, 0.717) is 0 Å². The van der Waals surface area contributed by atoms with Crippen LogP contribution in [-0.2, 0) is 27.1 Å². The largest absolute Gasteiger partial charge is 0.471 e. The van der Waals surface area contributed by atoms with Gasteiger partial charge in [0.15, 0.2) is 0 Å². The molecule has 0 N–H and O–H groups in total. The zero-order valence-corrected chi connectivity index (χ0v) is 47.1. The van der Waals surface area contributed by atoms with Crippen LogP contribution in [0.1, 0.15) is 132 Å². The smallest absolute Gasteiger partial charge is 0.252 e. The van der Waals surface area contributed by atoms with Gasteiger partial charge in [0.05, 0.1) is 18.2 Å². The Labute approximate surface area is 448 Å². The van der Waals surface area contributed by atoms with E-state index in [1.54, 1.807) is 0 Å². The second-order valence-corrected chi connectivity index (χ2v) is 26.5. The minimum absolute atomic E-state index is 0.00368. The van der Waals surface area contributed by atoms with Gasteiger partial charge in [-0.25, -0.2) is 0 Å². The first-order chi connectivity index (χ1) is 35.3. The topological polar surface area (TPSA) is 22.9 Å². The molecule has 0 radical (unpaired) electrons. The maximum Gasteiger partial charge on any atom is 0.252 e. The van der Waals surface area contributed by atoms with Gasteiger partial charge in [0.2, 0.25) is 0 Å². The summed E-state index contributed by atoms with van der Waals surface area (Å²) in [4.78, 5) is 7.62. The molecule has 3 heterocycles. The summed E-state index contributed by atoms with van der Waals surface area (Å²) in [6.07, 6.45) is 3.80. The second kappa shape index (κ2) is 17.7. The van der Waals surface area contributed by atoms with Crippen molar-refractivity contribution >= 4 is 85.1 Å². The number of rotatable bonds is 6. The average molecular weight is 984 g/mol. The highest BCUT2D eigenvalue weighted by atomic mass is 16.3. The Balaban J connectivity index is 1.23. The monoisotopic (exact) mass is 984 g/mol. The fourth-order valence-electron chi connectivity index (χ4n) is 11.4. The Morgan fingerprint density at radius 1 is 0.373 bits per heavy atom. The highest BCUT2D eigenvalue weighted by molar-refractivity contribution is 7.00. The van der Waals surface area contributed by atoms with Crippen molar-refractivity contribution in [3.05, 3.63) is 204 Å². The Morgan fingerprint density at radius 3 is 1.33 bits per heavy atom. The van der Waals surface area contributed by atoms with Crippen molar-refractivity contribution in [2.24, 2.45) is 0 Å². The molecule has 9 aromatic rings. The number of nitrogens with zero attached hydrogens (tertiary/aromatic N) is 3. The molecule has 0 saturated carbocycles. The van der Waals surface area contributed by atoms with Crippen molar-refractivity contribution in [2.75, 3.05) is 14.7 Å². The normalized spacial score (nSPS) is 13.7. The summed E-state index contributed by atoms with van der Waals surface area (Å²) in [7, 11) is 0. The molecule has 2 aliphatic rings. The van der Waals surface area contributed by atoms with Crippen LogP contribution < -0.4 is 31.1 Å². The van der Waals surface area contributed by atoms with Crippen molar-refractivity contribution in [3.8, 4) is 11.1 Å². The number of furan rings is 1. The molecular formula is C70H74BN3O. The van der Waals surface area contributed by atoms with E-state index >= 15 is 0 Å². The van der Waals surface area contributed by atoms with E-state index in [4.69, 9.17) is 4.42 Å². The van der Waals surface area contributed by atoms with Crippen molar-refractivity contribution in [3.63, 3.8) is 0 Å². The Kier molecular flexibility index (Phi) is 11.8. The Hall–Kier alpha value is -7.24. The summed E-state index contributed by atoms with van der Waals surface area (Å²) in [5, 5.41) is 2.19. The van der Waals surface area contributed by atoms with Gasteiger partial charge in [-0.3, -0.25) is 0 Å². The molecule has 1 aromatic heterocycles. The molecule has 0 aliphatic carbocycles. The first kappa shape index (κ1) is 49.9. The lowest BCUT2D eigenvalue weighted by atomic mass is 9.33. The molecule has 0 fully saturated rings. The van der Waals surface area contributed by atoms with Crippen molar-refractivity contribution in [1.82, 2.24) is 0 Å². The molecule has 0 atom stereocenters. The van der Waals surface area contributed by atoms with Crippen LogP contribution in [0.2, 0.25) is 0 Å². The lowest BCUT2D eigenvalue weighted by Crippen LogP contribution is -2.61. The third-order valence-electron chi connectivity index (χ3n) is 15.9. The molecule has 5 heteroatoms. The van der Waals surface area contributed by atoms with Gasteiger partial charge in [0.1, 0.15) is 0 Å². The van der Waals surface area contributed by atoms with E-state index in [0.717, 1.165) is 44.9 Å². The fourth-order valence-corrected chi connectivity index (χ4v) is 11.4. The minimum atomic E-state index is -0.162. The van der Waals surface area contributed by atoms with Crippen LogP contribution in [0.3, 0.4) is 0 Å². The van der Waals surface area contributed by atoms with Crippen molar-refractivity contribution in [1.29, 1.82) is 0 Å². The van der Waals surface area contributed by atoms with Crippen LogP contribution in [0, 0.1) is 0 Å². The molecule has 8 aromatic carbocycles. The van der Waals surface area contributed by atoms with E-state index in [1.165, 1.54) is 72.4 Å². The average Bonchev–Trinajstić information content (AvgIpc) is 3.83. The van der Waals surface area contributed by atoms with Gasteiger partial charge in [0.25, 0.3) is 6.71 Å². The second-order valence-electron chi connectivity index (χ2n) is 26.5. The Morgan fingerprint density at radius 2 is 0.827 bits per heavy atom. The summed E-state index contributed by atoms with van der Waals surface area (Å²) in [6, 6.07) is 63.1. The molecule has 0 amide bonds. The van der Waals surface area contributed by atoms with Crippen LogP contribution in [-0.4, -0.2) is 6.71 Å². The van der Waals surface area contributed by atoms with Crippen LogP contribution in [0.15, 0.2) is 181 Å². The van der Waals surface area contributed by atoms with Crippen molar-refractivity contribution < 1.29 is 4.42 Å². The Bertz CT molecular complexity index is 3610. The molecular weight excluding hydrogens is 910 g/mol. The fraction of sp³-hybridized carbons (Fsp3) is 0.286. The number of fused-ring (bicyclic) bond motifs is 5. The summed E-state index contributed by atoms with van der Waals surface area (Å²) < 4.78 is 5.99. The summed E-state index contributed by atoms with van der Waals surface area (Å²) in [5.41, 5.74) is 22.9. The molecule has 4 nitrogen and oxygen atoms in total.